The van der Waals surface area contributed by atoms with Crippen molar-refractivity contribution in [2.45, 2.75) is 19.8 Å². The summed E-state index contributed by atoms with van der Waals surface area (Å²) in [5.41, 5.74) is 1.20. The fourth-order valence-corrected chi connectivity index (χ4v) is 1.21. The average Bonchev–Trinajstić information content (AvgIpc) is 2.30. The summed E-state index contributed by atoms with van der Waals surface area (Å²) in [5.74, 6) is 0.527. The van der Waals surface area contributed by atoms with E-state index in [9.17, 15) is 4.79 Å². The molecule has 4 nitrogen and oxygen atoms in total. The Morgan fingerprint density at radius 1 is 1.38 bits per heavy atom. The molecule has 1 aromatic rings. The molecule has 0 radical (unpaired) electrons. The van der Waals surface area contributed by atoms with Crippen LogP contribution in [0.15, 0.2) is 24.3 Å². The van der Waals surface area contributed by atoms with Crippen LogP contribution in [0.2, 0.25) is 0 Å². The quantitative estimate of drug-likeness (QED) is 0.747. The van der Waals surface area contributed by atoms with Gasteiger partial charge in [0.05, 0.1) is 0 Å². The van der Waals surface area contributed by atoms with Crippen molar-refractivity contribution >= 4 is 6.09 Å². The van der Waals surface area contributed by atoms with Crippen LogP contribution in [-0.4, -0.2) is 24.4 Å². The molecule has 0 heterocycles. The molecule has 0 aliphatic carbocycles. The van der Waals surface area contributed by atoms with Gasteiger partial charge < -0.3 is 15.2 Å². The average molecular weight is 223 g/mol. The van der Waals surface area contributed by atoms with Crippen LogP contribution in [0.1, 0.15) is 18.9 Å². The van der Waals surface area contributed by atoms with Crippen molar-refractivity contribution in [1.82, 2.24) is 5.32 Å². The highest BCUT2D eigenvalue weighted by molar-refractivity contribution is 5.70. The van der Waals surface area contributed by atoms with Crippen LogP contribution in [0, 0.1) is 0 Å². The third-order valence-electron chi connectivity index (χ3n) is 2.15. The molecule has 0 fully saturated rings. The van der Waals surface area contributed by atoms with Gasteiger partial charge in [0.25, 0.3) is 0 Å². The Labute approximate surface area is 95.2 Å². The third-order valence-corrected chi connectivity index (χ3v) is 2.15. The van der Waals surface area contributed by atoms with Crippen molar-refractivity contribution in [2.24, 2.45) is 0 Å². The van der Waals surface area contributed by atoms with E-state index in [1.54, 1.807) is 12.1 Å². The summed E-state index contributed by atoms with van der Waals surface area (Å²) in [6.07, 6.45) is 1.00. The van der Waals surface area contributed by atoms with Crippen LogP contribution in [0.5, 0.6) is 5.75 Å². The highest BCUT2D eigenvalue weighted by atomic mass is 16.6. The fourth-order valence-electron chi connectivity index (χ4n) is 1.21. The molecule has 1 rings (SSSR count). The zero-order valence-corrected chi connectivity index (χ0v) is 9.40. The van der Waals surface area contributed by atoms with Gasteiger partial charge in [0.15, 0.2) is 0 Å². The Balaban J connectivity index is 2.37. The van der Waals surface area contributed by atoms with Crippen LogP contribution in [0.25, 0.3) is 0 Å². The first-order valence-corrected chi connectivity index (χ1v) is 5.41. The summed E-state index contributed by atoms with van der Waals surface area (Å²) < 4.78 is 5.03. The second-order valence-electron chi connectivity index (χ2n) is 3.39. The second kappa shape index (κ2) is 6.85. The van der Waals surface area contributed by atoms with Gasteiger partial charge in [0, 0.05) is 13.2 Å². The van der Waals surface area contributed by atoms with Crippen LogP contribution < -0.4 is 10.1 Å². The molecule has 0 unspecified atom stereocenters. The number of carbonyl (C=O) groups is 1. The lowest BCUT2D eigenvalue weighted by Crippen LogP contribution is -2.28. The van der Waals surface area contributed by atoms with Crippen LogP contribution in [0.3, 0.4) is 0 Å². The molecule has 1 amide bonds. The van der Waals surface area contributed by atoms with E-state index in [2.05, 4.69) is 12.2 Å². The van der Waals surface area contributed by atoms with E-state index >= 15 is 0 Å². The lowest BCUT2D eigenvalue weighted by Gasteiger charge is -2.06. The highest BCUT2D eigenvalue weighted by Crippen LogP contribution is 2.12. The highest BCUT2D eigenvalue weighted by Gasteiger charge is 2.02. The molecule has 0 bridgehead atoms. The number of carbonyl (C=O) groups excluding carboxylic acids is 1. The number of aryl methyl sites for hydroxylation is 1. The number of amides is 1. The van der Waals surface area contributed by atoms with Gasteiger partial charge >= 0.3 is 6.09 Å². The van der Waals surface area contributed by atoms with E-state index in [0.717, 1.165) is 6.42 Å². The Kier molecular flexibility index (Phi) is 5.36. The number of ether oxygens (including phenoxy) is 1. The number of aliphatic hydroxyl groups is 1. The normalized spacial score (nSPS) is 9.88. The summed E-state index contributed by atoms with van der Waals surface area (Å²) in [4.78, 5) is 11.2. The van der Waals surface area contributed by atoms with Gasteiger partial charge in [-0.05, 0) is 30.5 Å². The molecule has 1 aromatic carbocycles. The van der Waals surface area contributed by atoms with Crippen LogP contribution in [-0.2, 0) is 6.42 Å². The minimum atomic E-state index is -0.488. The summed E-state index contributed by atoms with van der Waals surface area (Å²) in [6, 6.07) is 7.39. The molecule has 0 aliphatic heterocycles. The monoisotopic (exact) mass is 223 g/mol. The first kappa shape index (κ1) is 12.5. The summed E-state index contributed by atoms with van der Waals surface area (Å²) in [6.45, 7) is 2.55. The van der Waals surface area contributed by atoms with Crippen molar-refractivity contribution in [2.75, 3.05) is 13.2 Å². The Bertz CT molecular complexity index is 322. The van der Waals surface area contributed by atoms with Gasteiger partial charge in [-0.15, -0.1) is 0 Å². The van der Waals surface area contributed by atoms with Gasteiger partial charge in [0.1, 0.15) is 5.75 Å². The minimum absolute atomic E-state index is 0.0610. The predicted octanol–water partition coefficient (Wildman–Crippen LogP) is 1.72. The number of benzene rings is 1. The number of hydrogen-bond donors (Lipinski definition) is 2. The van der Waals surface area contributed by atoms with Crippen LogP contribution in [0.4, 0.5) is 4.79 Å². The van der Waals surface area contributed by atoms with E-state index in [1.165, 1.54) is 5.56 Å². The maximum absolute atomic E-state index is 11.2. The molecule has 0 aliphatic rings. The third kappa shape index (κ3) is 4.31. The first-order chi connectivity index (χ1) is 7.76. The summed E-state index contributed by atoms with van der Waals surface area (Å²) in [5, 5.41) is 11.1. The SMILES string of the molecule is CCc1ccc(OC(=O)NCCCO)cc1. The molecule has 4 heteroatoms. The molecular formula is C12H17NO3. The van der Waals surface area contributed by atoms with Crippen molar-refractivity contribution < 1.29 is 14.6 Å². The largest absolute Gasteiger partial charge is 0.412 e. The minimum Gasteiger partial charge on any atom is -0.410 e. The second-order valence-corrected chi connectivity index (χ2v) is 3.39. The smallest absolute Gasteiger partial charge is 0.410 e. The van der Waals surface area contributed by atoms with Crippen molar-refractivity contribution in [1.29, 1.82) is 0 Å². The molecule has 0 saturated carbocycles. The topological polar surface area (TPSA) is 58.6 Å². The zero-order valence-electron chi connectivity index (χ0n) is 9.40. The lowest BCUT2D eigenvalue weighted by molar-refractivity contribution is 0.199. The van der Waals surface area contributed by atoms with E-state index < -0.39 is 6.09 Å². The van der Waals surface area contributed by atoms with E-state index in [1.807, 2.05) is 12.1 Å². The number of aliphatic hydroxyl groups excluding tert-OH is 1. The molecule has 88 valence electrons. The van der Waals surface area contributed by atoms with Gasteiger partial charge in [-0.25, -0.2) is 4.79 Å². The number of nitrogens with one attached hydrogen (secondary N) is 1. The molecular weight excluding hydrogens is 206 g/mol. The maximum atomic E-state index is 11.2. The molecule has 0 saturated heterocycles. The van der Waals surface area contributed by atoms with Crippen molar-refractivity contribution in [3.63, 3.8) is 0 Å². The molecule has 0 spiro atoms. The van der Waals surface area contributed by atoms with Crippen LogP contribution >= 0.6 is 0 Å². The maximum Gasteiger partial charge on any atom is 0.412 e. The number of rotatable bonds is 5. The molecule has 0 atom stereocenters. The Morgan fingerprint density at radius 2 is 2.06 bits per heavy atom. The molecule has 16 heavy (non-hydrogen) atoms. The predicted molar refractivity (Wildman–Crippen MR) is 61.5 cm³/mol. The summed E-state index contributed by atoms with van der Waals surface area (Å²) >= 11 is 0. The summed E-state index contributed by atoms with van der Waals surface area (Å²) in [7, 11) is 0. The van der Waals surface area contributed by atoms with Gasteiger partial charge in [0.2, 0.25) is 0 Å². The van der Waals surface area contributed by atoms with E-state index in [-0.39, 0.29) is 6.61 Å². The molecule has 0 aromatic heterocycles. The van der Waals surface area contributed by atoms with Gasteiger partial charge in [-0.2, -0.15) is 0 Å². The van der Waals surface area contributed by atoms with Crippen molar-refractivity contribution in [3.8, 4) is 5.75 Å². The van der Waals surface area contributed by atoms with Gasteiger partial charge in [-0.1, -0.05) is 19.1 Å². The van der Waals surface area contributed by atoms with E-state index in [4.69, 9.17) is 9.84 Å². The standard InChI is InChI=1S/C12H17NO3/c1-2-10-4-6-11(7-5-10)16-12(15)13-8-3-9-14/h4-7,14H,2-3,8-9H2,1H3,(H,13,15). The Hall–Kier alpha value is -1.55. The zero-order chi connectivity index (χ0) is 11.8. The first-order valence-electron chi connectivity index (χ1n) is 5.41. The fraction of sp³-hybridized carbons (Fsp3) is 0.417. The van der Waals surface area contributed by atoms with Gasteiger partial charge in [-0.3, -0.25) is 0 Å². The van der Waals surface area contributed by atoms with E-state index in [0.29, 0.717) is 18.7 Å². The van der Waals surface area contributed by atoms with Crippen molar-refractivity contribution in [3.05, 3.63) is 29.8 Å². The Morgan fingerprint density at radius 3 is 2.62 bits per heavy atom. The number of hydrogen-bond acceptors (Lipinski definition) is 3. The lowest BCUT2D eigenvalue weighted by atomic mass is 10.2. The molecule has 2 N–H and O–H groups in total.